The molecule has 2 aromatic carbocycles. The first-order valence-corrected chi connectivity index (χ1v) is 8.36. The number of nitrogens with one attached hydrogen (secondary N) is 2. The van der Waals surface area contributed by atoms with Crippen LogP contribution in [-0.2, 0) is 14.3 Å². The van der Waals surface area contributed by atoms with Gasteiger partial charge in [-0.25, -0.2) is 0 Å². The fraction of sp³-hybridized carbons (Fsp3) is 0.200. The molecule has 8 nitrogen and oxygen atoms in total. The van der Waals surface area contributed by atoms with Gasteiger partial charge in [0.15, 0.2) is 6.10 Å². The molecule has 2 aromatic rings. The van der Waals surface area contributed by atoms with Crippen LogP contribution < -0.4 is 15.4 Å². The fourth-order valence-electron chi connectivity index (χ4n) is 2.28. The zero-order valence-electron chi connectivity index (χ0n) is 15.4. The third-order valence-electron chi connectivity index (χ3n) is 3.68. The summed E-state index contributed by atoms with van der Waals surface area (Å²) in [6.45, 7) is 1.00. The number of carbonyl (C=O) groups is 3. The molecular formula is C20H19N3O5. The Morgan fingerprint density at radius 1 is 1.14 bits per heavy atom. The van der Waals surface area contributed by atoms with Crippen molar-refractivity contribution >= 4 is 23.5 Å². The Morgan fingerprint density at radius 3 is 2.61 bits per heavy atom. The van der Waals surface area contributed by atoms with Gasteiger partial charge in [0.1, 0.15) is 12.3 Å². The lowest BCUT2D eigenvalue weighted by atomic mass is 10.2. The van der Waals surface area contributed by atoms with Gasteiger partial charge < -0.3 is 20.1 Å². The van der Waals surface area contributed by atoms with Gasteiger partial charge in [0.2, 0.25) is 0 Å². The second-order valence-corrected chi connectivity index (χ2v) is 5.70. The minimum Gasteiger partial charge on any atom is -0.496 e. The molecule has 0 aliphatic heterocycles. The maximum Gasteiger partial charge on any atom is 0.326 e. The molecule has 0 aliphatic rings. The van der Waals surface area contributed by atoms with Crippen molar-refractivity contribution in [3.63, 3.8) is 0 Å². The van der Waals surface area contributed by atoms with Crippen LogP contribution in [0.4, 0.5) is 5.69 Å². The lowest BCUT2D eigenvalue weighted by molar-refractivity contribution is -0.152. The van der Waals surface area contributed by atoms with Gasteiger partial charge in [-0.1, -0.05) is 18.2 Å². The highest BCUT2D eigenvalue weighted by Gasteiger charge is 2.19. The van der Waals surface area contributed by atoms with Gasteiger partial charge >= 0.3 is 5.97 Å². The fourth-order valence-corrected chi connectivity index (χ4v) is 2.28. The SMILES string of the molecule is COc1ccccc1C(=O)NCC(=O)O[C@@H](C)C(=O)Nc1cccc(C#N)c1. The third kappa shape index (κ3) is 5.57. The Balaban J connectivity index is 1.85. The molecule has 0 radical (unpaired) electrons. The molecule has 0 heterocycles. The van der Waals surface area contributed by atoms with E-state index in [-0.39, 0.29) is 5.56 Å². The van der Waals surface area contributed by atoms with E-state index in [9.17, 15) is 14.4 Å². The Bertz CT molecular complexity index is 920. The van der Waals surface area contributed by atoms with E-state index in [0.29, 0.717) is 17.0 Å². The molecule has 0 aliphatic carbocycles. The molecule has 2 rings (SSSR count). The van der Waals surface area contributed by atoms with E-state index >= 15 is 0 Å². The quantitative estimate of drug-likeness (QED) is 0.707. The molecular weight excluding hydrogens is 362 g/mol. The monoisotopic (exact) mass is 381 g/mol. The number of para-hydroxylation sites is 1. The Kier molecular flexibility index (Phi) is 7.11. The van der Waals surface area contributed by atoms with E-state index in [2.05, 4.69) is 10.6 Å². The summed E-state index contributed by atoms with van der Waals surface area (Å²) < 4.78 is 10.1. The first kappa shape index (κ1) is 20.5. The number of nitriles is 1. The van der Waals surface area contributed by atoms with Crippen molar-refractivity contribution in [2.45, 2.75) is 13.0 Å². The van der Waals surface area contributed by atoms with Crippen molar-refractivity contribution < 1.29 is 23.9 Å². The Morgan fingerprint density at radius 2 is 1.89 bits per heavy atom. The second-order valence-electron chi connectivity index (χ2n) is 5.70. The standard InChI is InChI=1S/C20H19N3O5/c1-13(19(25)23-15-7-5-6-14(10-15)11-21)28-18(24)12-22-20(26)16-8-3-4-9-17(16)27-2/h3-10,13H,12H2,1-2H3,(H,22,26)(H,23,25)/t13-/m0/s1. The minimum atomic E-state index is -1.08. The highest BCUT2D eigenvalue weighted by atomic mass is 16.5. The van der Waals surface area contributed by atoms with E-state index < -0.39 is 30.4 Å². The Hall–Kier alpha value is -3.86. The first-order chi connectivity index (χ1) is 13.4. The number of hydrogen-bond donors (Lipinski definition) is 2. The number of esters is 1. The van der Waals surface area contributed by atoms with Gasteiger partial charge in [-0.05, 0) is 37.3 Å². The molecule has 0 spiro atoms. The average molecular weight is 381 g/mol. The van der Waals surface area contributed by atoms with Gasteiger partial charge in [-0.3, -0.25) is 14.4 Å². The minimum absolute atomic E-state index is 0.279. The van der Waals surface area contributed by atoms with Gasteiger partial charge in [-0.15, -0.1) is 0 Å². The predicted octanol–water partition coefficient (Wildman–Crippen LogP) is 1.87. The number of hydrogen-bond acceptors (Lipinski definition) is 6. The van der Waals surface area contributed by atoms with Crippen molar-refractivity contribution in [3.05, 3.63) is 59.7 Å². The van der Waals surface area contributed by atoms with Crippen LogP contribution >= 0.6 is 0 Å². The van der Waals surface area contributed by atoms with Crippen molar-refractivity contribution in [1.29, 1.82) is 5.26 Å². The summed E-state index contributed by atoms with van der Waals surface area (Å²) in [4.78, 5) is 36.2. The van der Waals surface area contributed by atoms with Crippen molar-refractivity contribution in [2.75, 3.05) is 19.0 Å². The van der Waals surface area contributed by atoms with E-state index in [1.165, 1.54) is 20.1 Å². The highest BCUT2D eigenvalue weighted by molar-refractivity contribution is 5.99. The van der Waals surface area contributed by atoms with E-state index in [1.807, 2.05) is 6.07 Å². The molecule has 0 aromatic heterocycles. The topological polar surface area (TPSA) is 118 Å². The molecule has 2 N–H and O–H groups in total. The Labute approximate surface area is 162 Å². The average Bonchev–Trinajstić information content (AvgIpc) is 2.71. The zero-order valence-corrected chi connectivity index (χ0v) is 15.4. The lowest BCUT2D eigenvalue weighted by Crippen LogP contribution is -2.36. The van der Waals surface area contributed by atoms with Crippen LogP contribution in [0.1, 0.15) is 22.8 Å². The zero-order chi connectivity index (χ0) is 20.5. The lowest BCUT2D eigenvalue weighted by Gasteiger charge is -2.14. The number of ether oxygens (including phenoxy) is 2. The van der Waals surface area contributed by atoms with E-state index in [4.69, 9.17) is 14.7 Å². The van der Waals surface area contributed by atoms with Crippen molar-refractivity contribution in [3.8, 4) is 11.8 Å². The molecule has 1 atom stereocenters. The number of amides is 2. The maximum atomic E-state index is 12.1. The molecule has 0 saturated carbocycles. The van der Waals surface area contributed by atoms with Gasteiger partial charge in [0.05, 0.1) is 24.3 Å². The van der Waals surface area contributed by atoms with Crippen LogP contribution in [0, 0.1) is 11.3 Å². The van der Waals surface area contributed by atoms with Gasteiger partial charge in [0.25, 0.3) is 11.8 Å². The summed E-state index contributed by atoms with van der Waals surface area (Å²) in [5.41, 5.74) is 1.08. The van der Waals surface area contributed by atoms with Crippen LogP contribution in [0.3, 0.4) is 0 Å². The summed E-state index contributed by atoms with van der Waals surface area (Å²) in [5, 5.41) is 13.8. The van der Waals surface area contributed by atoms with E-state index in [0.717, 1.165) is 0 Å². The highest BCUT2D eigenvalue weighted by Crippen LogP contribution is 2.16. The first-order valence-electron chi connectivity index (χ1n) is 8.36. The molecule has 8 heteroatoms. The van der Waals surface area contributed by atoms with Crippen molar-refractivity contribution in [2.24, 2.45) is 0 Å². The molecule has 144 valence electrons. The number of nitrogens with zero attached hydrogens (tertiary/aromatic N) is 1. The van der Waals surface area contributed by atoms with Crippen molar-refractivity contribution in [1.82, 2.24) is 5.32 Å². The molecule has 2 amide bonds. The third-order valence-corrected chi connectivity index (χ3v) is 3.68. The van der Waals surface area contributed by atoms with Crippen LogP contribution in [0.15, 0.2) is 48.5 Å². The normalized spacial score (nSPS) is 10.9. The summed E-state index contributed by atoms with van der Waals surface area (Å²) >= 11 is 0. The summed E-state index contributed by atoms with van der Waals surface area (Å²) in [6.07, 6.45) is -1.08. The van der Waals surface area contributed by atoms with Crippen LogP contribution in [-0.4, -0.2) is 37.5 Å². The largest absolute Gasteiger partial charge is 0.496 e. The van der Waals surface area contributed by atoms with Gasteiger partial charge in [-0.2, -0.15) is 5.26 Å². The summed E-state index contributed by atoms with van der Waals surface area (Å²) in [6, 6.07) is 14.9. The van der Waals surface area contributed by atoms with Crippen LogP contribution in [0.2, 0.25) is 0 Å². The number of anilines is 1. The summed E-state index contributed by atoms with van der Waals surface area (Å²) in [5.74, 6) is -1.45. The van der Waals surface area contributed by atoms with Gasteiger partial charge in [0, 0.05) is 5.69 Å². The summed E-state index contributed by atoms with van der Waals surface area (Å²) in [7, 11) is 1.44. The molecule has 0 unspecified atom stereocenters. The maximum absolute atomic E-state index is 12.1. The number of rotatable bonds is 7. The number of benzene rings is 2. The van der Waals surface area contributed by atoms with Crippen LogP contribution in [0.5, 0.6) is 5.75 Å². The molecule has 28 heavy (non-hydrogen) atoms. The predicted molar refractivity (Wildman–Crippen MR) is 101 cm³/mol. The van der Waals surface area contributed by atoms with Crippen LogP contribution in [0.25, 0.3) is 0 Å². The smallest absolute Gasteiger partial charge is 0.326 e. The molecule has 0 fully saturated rings. The number of carbonyl (C=O) groups excluding carboxylic acids is 3. The second kappa shape index (κ2) is 9.73. The van der Waals surface area contributed by atoms with E-state index in [1.54, 1.807) is 42.5 Å². The molecule has 0 bridgehead atoms. The molecule has 0 saturated heterocycles. The number of methoxy groups -OCH3 is 1.